The van der Waals surface area contributed by atoms with Gasteiger partial charge in [-0.05, 0) is 31.2 Å². The fourth-order valence-electron chi connectivity index (χ4n) is 3.46. The summed E-state index contributed by atoms with van der Waals surface area (Å²) in [5, 5.41) is 0. The van der Waals surface area contributed by atoms with Crippen molar-refractivity contribution in [2.45, 2.75) is 6.92 Å². The smallest absolute Gasteiger partial charge is 0.409 e. The van der Waals surface area contributed by atoms with Crippen LogP contribution in [-0.2, 0) is 9.53 Å². The Bertz CT molecular complexity index is 639. The van der Waals surface area contributed by atoms with E-state index >= 15 is 0 Å². The molecule has 3 rings (SSSR count). The van der Waals surface area contributed by atoms with E-state index in [1.807, 2.05) is 4.90 Å². The van der Waals surface area contributed by atoms with Crippen molar-refractivity contribution in [1.82, 2.24) is 14.7 Å². The number of hydrogen-bond donors (Lipinski definition) is 0. The zero-order valence-corrected chi connectivity index (χ0v) is 15.8. The Kier molecular flexibility index (Phi) is 6.49. The number of benzene rings is 1. The molecule has 2 heterocycles. The summed E-state index contributed by atoms with van der Waals surface area (Å²) in [4.78, 5) is 32.1. The molecule has 0 aliphatic carbocycles. The first-order valence-electron chi connectivity index (χ1n) is 9.49. The molecule has 0 N–H and O–H groups in total. The van der Waals surface area contributed by atoms with Crippen LogP contribution in [0, 0.1) is 5.82 Å². The normalized spacial score (nSPS) is 18.5. The van der Waals surface area contributed by atoms with E-state index in [4.69, 9.17) is 4.74 Å². The zero-order chi connectivity index (χ0) is 19.2. The summed E-state index contributed by atoms with van der Waals surface area (Å²) in [5.41, 5.74) is 1.01. The first-order chi connectivity index (χ1) is 13.1. The van der Waals surface area contributed by atoms with Crippen molar-refractivity contribution in [3.8, 4) is 0 Å². The third kappa shape index (κ3) is 5.09. The summed E-state index contributed by atoms with van der Waals surface area (Å²) in [7, 11) is 0. The minimum atomic E-state index is -0.304. The molecule has 2 amide bonds. The molecule has 1 aromatic rings. The van der Waals surface area contributed by atoms with Crippen molar-refractivity contribution in [2.24, 2.45) is 0 Å². The van der Waals surface area contributed by atoms with Gasteiger partial charge in [0.1, 0.15) is 5.82 Å². The summed E-state index contributed by atoms with van der Waals surface area (Å²) in [6.07, 6.45) is -0.304. The van der Waals surface area contributed by atoms with Gasteiger partial charge in [0.2, 0.25) is 5.91 Å². The van der Waals surface area contributed by atoms with Gasteiger partial charge < -0.3 is 19.4 Å². The quantitative estimate of drug-likeness (QED) is 0.789. The molecule has 1 aromatic carbocycles. The topological polar surface area (TPSA) is 56.3 Å². The molecule has 8 heteroatoms. The largest absolute Gasteiger partial charge is 0.450 e. The van der Waals surface area contributed by atoms with Gasteiger partial charge in [0.15, 0.2) is 0 Å². The Balaban J connectivity index is 1.41. The average Bonchev–Trinajstić information content (AvgIpc) is 2.69. The Morgan fingerprint density at radius 3 is 2.11 bits per heavy atom. The Labute approximate surface area is 159 Å². The number of carbonyl (C=O) groups is 2. The lowest BCUT2D eigenvalue weighted by molar-refractivity contribution is -0.134. The van der Waals surface area contributed by atoms with Crippen molar-refractivity contribution < 1.29 is 18.7 Å². The van der Waals surface area contributed by atoms with E-state index < -0.39 is 0 Å². The van der Waals surface area contributed by atoms with Crippen LogP contribution in [0.25, 0.3) is 0 Å². The van der Waals surface area contributed by atoms with Crippen LogP contribution in [0.3, 0.4) is 0 Å². The maximum absolute atomic E-state index is 13.0. The lowest BCUT2D eigenvalue weighted by Gasteiger charge is -2.38. The van der Waals surface area contributed by atoms with Gasteiger partial charge in [-0.3, -0.25) is 9.69 Å². The highest BCUT2D eigenvalue weighted by atomic mass is 19.1. The van der Waals surface area contributed by atoms with Crippen LogP contribution in [-0.4, -0.2) is 92.2 Å². The van der Waals surface area contributed by atoms with Gasteiger partial charge in [0.05, 0.1) is 13.2 Å². The fraction of sp³-hybridized carbons (Fsp3) is 0.579. The molecule has 2 aliphatic heterocycles. The first-order valence-corrected chi connectivity index (χ1v) is 9.49. The molecule has 2 saturated heterocycles. The number of amides is 2. The van der Waals surface area contributed by atoms with Crippen molar-refractivity contribution in [2.75, 3.05) is 70.4 Å². The van der Waals surface area contributed by atoms with Crippen LogP contribution >= 0.6 is 0 Å². The van der Waals surface area contributed by atoms with Gasteiger partial charge in [-0.15, -0.1) is 0 Å². The second kappa shape index (κ2) is 9.03. The molecule has 0 unspecified atom stereocenters. The van der Waals surface area contributed by atoms with Crippen molar-refractivity contribution in [3.63, 3.8) is 0 Å². The molecule has 2 fully saturated rings. The highest BCUT2D eigenvalue weighted by molar-refractivity contribution is 5.78. The van der Waals surface area contributed by atoms with Gasteiger partial charge in [0.25, 0.3) is 0 Å². The highest BCUT2D eigenvalue weighted by Crippen LogP contribution is 2.17. The Morgan fingerprint density at radius 2 is 1.52 bits per heavy atom. The molecule has 0 saturated carbocycles. The molecule has 2 aliphatic rings. The molecule has 0 aromatic heterocycles. The third-order valence-electron chi connectivity index (χ3n) is 5.08. The van der Waals surface area contributed by atoms with Gasteiger partial charge >= 0.3 is 6.09 Å². The number of hydrogen-bond acceptors (Lipinski definition) is 5. The molecule has 7 nitrogen and oxygen atoms in total. The van der Waals surface area contributed by atoms with Gasteiger partial charge in [-0.2, -0.15) is 0 Å². The van der Waals surface area contributed by atoms with E-state index in [2.05, 4.69) is 9.80 Å². The van der Waals surface area contributed by atoms with Crippen molar-refractivity contribution in [1.29, 1.82) is 0 Å². The van der Waals surface area contributed by atoms with E-state index in [-0.39, 0.29) is 17.8 Å². The number of nitrogens with zero attached hydrogens (tertiary/aromatic N) is 4. The Hall–Kier alpha value is -2.35. The predicted octanol–water partition coefficient (Wildman–Crippen LogP) is 1.25. The zero-order valence-electron chi connectivity index (χ0n) is 15.8. The Morgan fingerprint density at radius 1 is 0.926 bits per heavy atom. The van der Waals surface area contributed by atoms with Crippen molar-refractivity contribution in [3.05, 3.63) is 30.1 Å². The van der Waals surface area contributed by atoms with E-state index in [9.17, 15) is 14.0 Å². The standard InChI is InChI=1S/C19H27FN4O3/c1-2-27-19(26)24-13-11-23(12-14-24)18(25)15-21-7-9-22(10-8-21)17-5-3-16(20)4-6-17/h3-6H,2,7-15H2,1H3. The first kappa shape index (κ1) is 19.4. The van der Waals surface area contributed by atoms with Gasteiger partial charge in [-0.1, -0.05) is 0 Å². The summed E-state index contributed by atoms with van der Waals surface area (Å²) in [6, 6.07) is 6.53. The second-order valence-electron chi connectivity index (χ2n) is 6.81. The average molecular weight is 378 g/mol. The summed E-state index contributed by atoms with van der Waals surface area (Å²) >= 11 is 0. The minimum Gasteiger partial charge on any atom is -0.450 e. The maximum Gasteiger partial charge on any atom is 0.409 e. The molecule has 0 spiro atoms. The number of ether oxygens (including phenoxy) is 1. The number of halogens is 1. The van der Waals surface area contributed by atoms with Crippen molar-refractivity contribution >= 4 is 17.7 Å². The van der Waals surface area contributed by atoms with Crippen LogP contribution in [0.4, 0.5) is 14.9 Å². The van der Waals surface area contributed by atoms with Gasteiger partial charge in [-0.25, -0.2) is 9.18 Å². The van der Waals surface area contributed by atoms with Crippen LogP contribution in [0.15, 0.2) is 24.3 Å². The van der Waals surface area contributed by atoms with E-state index in [1.54, 1.807) is 24.0 Å². The lowest BCUT2D eigenvalue weighted by atomic mass is 10.2. The molecule has 0 radical (unpaired) electrons. The highest BCUT2D eigenvalue weighted by Gasteiger charge is 2.27. The van der Waals surface area contributed by atoms with Crippen LogP contribution < -0.4 is 4.90 Å². The monoisotopic (exact) mass is 378 g/mol. The summed E-state index contributed by atoms with van der Waals surface area (Å²) in [5.74, 6) is -0.125. The molecule has 27 heavy (non-hydrogen) atoms. The summed E-state index contributed by atoms with van der Waals surface area (Å²) < 4.78 is 18.0. The lowest BCUT2D eigenvalue weighted by Crippen LogP contribution is -2.54. The SMILES string of the molecule is CCOC(=O)N1CCN(C(=O)CN2CCN(c3ccc(F)cc3)CC2)CC1. The number of piperazine rings is 2. The molecule has 0 atom stereocenters. The molecule has 0 bridgehead atoms. The fourth-order valence-corrected chi connectivity index (χ4v) is 3.46. The molecule has 148 valence electrons. The van der Waals surface area contributed by atoms with Crippen LogP contribution in [0.1, 0.15) is 6.92 Å². The molecular formula is C19H27FN4O3. The summed E-state index contributed by atoms with van der Waals surface area (Å²) in [6.45, 7) is 7.90. The van der Waals surface area contributed by atoms with Gasteiger partial charge in [0, 0.05) is 58.0 Å². The van der Waals surface area contributed by atoms with Crippen LogP contribution in [0.2, 0.25) is 0 Å². The second-order valence-corrected chi connectivity index (χ2v) is 6.81. The van der Waals surface area contributed by atoms with Crippen LogP contribution in [0.5, 0.6) is 0 Å². The number of rotatable bonds is 4. The van der Waals surface area contributed by atoms with E-state index in [0.29, 0.717) is 39.3 Å². The number of carbonyl (C=O) groups excluding carboxylic acids is 2. The third-order valence-corrected chi connectivity index (χ3v) is 5.08. The maximum atomic E-state index is 13.0. The number of anilines is 1. The predicted molar refractivity (Wildman–Crippen MR) is 100 cm³/mol. The minimum absolute atomic E-state index is 0.105. The molecular weight excluding hydrogens is 351 g/mol. The van der Waals surface area contributed by atoms with E-state index in [1.165, 1.54) is 12.1 Å². The van der Waals surface area contributed by atoms with E-state index in [0.717, 1.165) is 31.9 Å².